The van der Waals surface area contributed by atoms with Crippen LogP contribution < -0.4 is 4.74 Å². The van der Waals surface area contributed by atoms with Crippen LogP contribution in [0.25, 0.3) is 0 Å². The first-order chi connectivity index (χ1) is 8.61. The number of alkyl halides is 1. The van der Waals surface area contributed by atoms with Crippen molar-refractivity contribution in [1.29, 1.82) is 0 Å². The van der Waals surface area contributed by atoms with Crippen molar-refractivity contribution < 1.29 is 4.74 Å². The van der Waals surface area contributed by atoms with E-state index in [0.29, 0.717) is 4.83 Å². The van der Waals surface area contributed by atoms with Crippen LogP contribution in [0.1, 0.15) is 53.6 Å². The number of ether oxygens (including phenoxy) is 1. The largest absolute Gasteiger partial charge is 0.496 e. The predicted octanol–water partition coefficient (Wildman–Crippen LogP) is 5.33. The minimum Gasteiger partial charge on any atom is -0.496 e. The molecule has 0 bridgehead atoms. The first-order valence-electron chi connectivity index (χ1n) is 6.91. The van der Waals surface area contributed by atoms with E-state index in [2.05, 4.69) is 41.9 Å². The Morgan fingerprint density at radius 2 is 1.78 bits per heavy atom. The quantitative estimate of drug-likeness (QED) is 0.683. The van der Waals surface area contributed by atoms with Crippen molar-refractivity contribution in [2.24, 2.45) is 5.92 Å². The van der Waals surface area contributed by atoms with Crippen LogP contribution >= 0.6 is 15.9 Å². The smallest absolute Gasteiger partial charge is 0.124 e. The summed E-state index contributed by atoms with van der Waals surface area (Å²) in [4.78, 5) is 0.490. The normalized spacial score (nSPS) is 18.0. The van der Waals surface area contributed by atoms with Crippen molar-refractivity contribution in [3.63, 3.8) is 0 Å². The monoisotopic (exact) mass is 310 g/mol. The van der Waals surface area contributed by atoms with Crippen LogP contribution in [0.3, 0.4) is 0 Å². The number of methoxy groups -OCH3 is 1. The van der Waals surface area contributed by atoms with Gasteiger partial charge in [0.2, 0.25) is 0 Å². The highest BCUT2D eigenvalue weighted by Gasteiger charge is 2.20. The van der Waals surface area contributed by atoms with Crippen LogP contribution in [0.4, 0.5) is 0 Å². The minimum atomic E-state index is 0.490. The standard InChI is InChI=1S/C16H23BrO/c1-11-8-14(9-12(2)16(11)18-3)15(17)10-13-6-4-5-7-13/h8-9,13,15H,4-7,10H2,1-3H3. The van der Waals surface area contributed by atoms with Crippen molar-refractivity contribution in [3.8, 4) is 5.75 Å². The molecule has 2 rings (SSSR count). The van der Waals surface area contributed by atoms with Gasteiger partial charge in [-0.3, -0.25) is 0 Å². The molecular weight excluding hydrogens is 288 g/mol. The lowest BCUT2D eigenvalue weighted by Crippen LogP contribution is -2.01. The molecule has 1 nitrogen and oxygen atoms in total. The molecule has 1 aromatic rings. The number of rotatable bonds is 4. The SMILES string of the molecule is COc1c(C)cc(C(Br)CC2CCCC2)cc1C. The Morgan fingerprint density at radius 1 is 1.22 bits per heavy atom. The fourth-order valence-electron chi connectivity index (χ4n) is 3.16. The molecule has 0 amide bonds. The van der Waals surface area contributed by atoms with E-state index in [0.717, 1.165) is 11.7 Å². The Morgan fingerprint density at radius 3 is 2.28 bits per heavy atom. The summed E-state index contributed by atoms with van der Waals surface area (Å²) in [6.45, 7) is 4.26. The third kappa shape index (κ3) is 3.09. The van der Waals surface area contributed by atoms with E-state index >= 15 is 0 Å². The lowest BCUT2D eigenvalue weighted by atomic mass is 9.96. The van der Waals surface area contributed by atoms with E-state index < -0.39 is 0 Å². The third-order valence-electron chi connectivity index (χ3n) is 4.06. The molecule has 1 aliphatic rings. The molecule has 0 aromatic heterocycles. The second kappa shape index (κ2) is 6.10. The molecule has 1 aromatic carbocycles. The molecule has 0 heterocycles. The van der Waals surface area contributed by atoms with Gasteiger partial charge >= 0.3 is 0 Å². The molecule has 0 aliphatic heterocycles. The molecule has 0 spiro atoms. The minimum absolute atomic E-state index is 0.490. The molecule has 0 saturated heterocycles. The Hall–Kier alpha value is -0.500. The van der Waals surface area contributed by atoms with E-state index in [1.807, 2.05) is 0 Å². The van der Waals surface area contributed by atoms with Crippen LogP contribution in [0, 0.1) is 19.8 Å². The fourth-order valence-corrected chi connectivity index (χ4v) is 3.95. The van der Waals surface area contributed by atoms with Gasteiger partial charge in [-0.2, -0.15) is 0 Å². The van der Waals surface area contributed by atoms with Gasteiger partial charge in [-0.1, -0.05) is 53.7 Å². The first kappa shape index (κ1) is 13.9. The van der Waals surface area contributed by atoms with Gasteiger partial charge in [-0.25, -0.2) is 0 Å². The van der Waals surface area contributed by atoms with Crippen molar-refractivity contribution in [2.75, 3.05) is 7.11 Å². The van der Waals surface area contributed by atoms with Gasteiger partial charge in [0.05, 0.1) is 7.11 Å². The summed E-state index contributed by atoms with van der Waals surface area (Å²) in [5, 5.41) is 0. The maximum atomic E-state index is 5.43. The second-order valence-corrected chi connectivity index (χ2v) is 6.65. The molecule has 0 radical (unpaired) electrons. The molecule has 1 unspecified atom stereocenters. The van der Waals surface area contributed by atoms with Gasteiger partial charge in [0.1, 0.15) is 5.75 Å². The summed E-state index contributed by atoms with van der Waals surface area (Å²) in [7, 11) is 1.75. The summed E-state index contributed by atoms with van der Waals surface area (Å²) >= 11 is 3.87. The Bertz CT molecular complexity index is 385. The number of hydrogen-bond acceptors (Lipinski definition) is 1. The Balaban J connectivity index is 2.12. The molecule has 1 saturated carbocycles. The molecular formula is C16H23BrO. The lowest BCUT2D eigenvalue weighted by Gasteiger charge is -2.18. The summed E-state index contributed by atoms with van der Waals surface area (Å²) in [6.07, 6.45) is 6.94. The van der Waals surface area contributed by atoms with Crippen molar-refractivity contribution in [2.45, 2.75) is 50.8 Å². The summed E-state index contributed by atoms with van der Waals surface area (Å²) in [5.41, 5.74) is 3.88. The highest BCUT2D eigenvalue weighted by atomic mass is 79.9. The van der Waals surface area contributed by atoms with Gasteiger partial charge in [-0.05, 0) is 42.9 Å². The number of aryl methyl sites for hydroxylation is 2. The number of halogens is 1. The summed E-state index contributed by atoms with van der Waals surface area (Å²) < 4.78 is 5.43. The van der Waals surface area contributed by atoms with Crippen molar-refractivity contribution in [1.82, 2.24) is 0 Å². The maximum Gasteiger partial charge on any atom is 0.124 e. The van der Waals surface area contributed by atoms with Gasteiger partial charge in [0.25, 0.3) is 0 Å². The number of benzene rings is 1. The van der Waals surface area contributed by atoms with Crippen molar-refractivity contribution >= 4 is 15.9 Å². The zero-order valence-corrected chi connectivity index (χ0v) is 13.2. The van der Waals surface area contributed by atoms with E-state index in [-0.39, 0.29) is 0 Å². The van der Waals surface area contributed by atoms with E-state index in [4.69, 9.17) is 4.74 Å². The fraction of sp³-hybridized carbons (Fsp3) is 0.625. The maximum absolute atomic E-state index is 5.43. The second-order valence-electron chi connectivity index (χ2n) is 5.54. The van der Waals surface area contributed by atoms with Crippen LogP contribution in [0.5, 0.6) is 5.75 Å². The zero-order chi connectivity index (χ0) is 13.1. The third-order valence-corrected chi connectivity index (χ3v) is 4.97. The zero-order valence-electron chi connectivity index (χ0n) is 11.6. The molecule has 18 heavy (non-hydrogen) atoms. The molecule has 1 aliphatic carbocycles. The van der Waals surface area contributed by atoms with Crippen molar-refractivity contribution in [3.05, 3.63) is 28.8 Å². The first-order valence-corrected chi connectivity index (χ1v) is 7.82. The highest BCUT2D eigenvalue weighted by Crippen LogP contribution is 2.39. The van der Waals surface area contributed by atoms with Crippen LogP contribution in [0.15, 0.2) is 12.1 Å². The van der Waals surface area contributed by atoms with Gasteiger partial charge in [0, 0.05) is 4.83 Å². The van der Waals surface area contributed by atoms with E-state index in [1.165, 1.54) is 48.8 Å². The van der Waals surface area contributed by atoms with Crippen LogP contribution in [-0.2, 0) is 0 Å². The molecule has 1 atom stereocenters. The van der Waals surface area contributed by atoms with Crippen LogP contribution in [-0.4, -0.2) is 7.11 Å². The lowest BCUT2D eigenvalue weighted by molar-refractivity contribution is 0.408. The summed E-state index contributed by atoms with van der Waals surface area (Å²) in [6, 6.07) is 4.53. The molecule has 100 valence electrons. The predicted molar refractivity (Wildman–Crippen MR) is 80.7 cm³/mol. The molecule has 1 fully saturated rings. The van der Waals surface area contributed by atoms with Gasteiger partial charge in [0.15, 0.2) is 0 Å². The van der Waals surface area contributed by atoms with Gasteiger partial charge in [-0.15, -0.1) is 0 Å². The molecule has 0 N–H and O–H groups in total. The highest BCUT2D eigenvalue weighted by molar-refractivity contribution is 9.09. The Kier molecular flexibility index (Phi) is 4.71. The average Bonchev–Trinajstić information content (AvgIpc) is 2.81. The van der Waals surface area contributed by atoms with E-state index in [1.54, 1.807) is 7.11 Å². The topological polar surface area (TPSA) is 9.23 Å². The number of hydrogen-bond donors (Lipinski definition) is 0. The summed E-state index contributed by atoms with van der Waals surface area (Å²) in [5.74, 6) is 1.94. The molecule has 2 heteroatoms. The van der Waals surface area contributed by atoms with E-state index in [9.17, 15) is 0 Å². The Labute approximate surface area is 119 Å². The van der Waals surface area contributed by atoms with Gasteiger partial charge < -0.3 is 4.74 Å². The van der Waals surface area contributed by atoms with Crippen LogP contribution in [0.2, 0.25) is 0 Å². The average molecular weight is 311 g/mol.